The van der Waals surface area contributed by atoms with E-state index in [2.05, 4.69) is 0 Å². The zero-order valence-corrected chi connectivity index (χ0v) is 10.1. The van der Waals surface area contributed by atoms with Gasteiger partial charge in [0.25, 0.3) is 0 Å². The normalized spacial score (nSPS) is 10.1. The van der Waals surface area contributed by atoms with Crippen LogP contribution in [0.1, 0.15) is 43.0 Å². The monoisotopic (exact) mass is 238 g/mol. The van der Waals surface area contributed by atoms with Crippen molar-refractivity contribution in [2.45, 2.75) is 32.6 Å². The summed E-state index contributed by atoms with van der Waals surface area (Å²) in [5, 5.41) is 0.610. The summed E-state index contributed by atoms with van der Waals surface area (Å²) in [6.07, 6.45) is 2.04. The highest BCUT2D eigenvalue weighted by Crippen LogP contribution is 2.12. The summed E-state index contributed by atoms with van der Waals surface area (Å²) in [4.78, 5) is 22.9. The summed E-state index contributed by atoms with van der Waals surface area (Å²) in [7, 11) is 0. The van der Waals surface area contributed by atoms with Crippen molar-refractivity contribution in [2.24, 2.45) is 0 Å². The number of carbonyl (C=O) groups is 2. The maximum atomic E-state index is 11.7. The lowest BCUT2D eigenvalue weighted by molar-refractivity contribution is -0.119. The van der Waals surface area contributed by atoms with Crippen LogP contribution in [0.15, 0.2) is 24.3 Å². The average molecular weight is 239 g/mol. The Labute approximate surface area is 101 Å². The largest absolute Gasteiger partial charge is 0.300 e. The van der Waals surface area contributed by atoms with Gasteiger partial charge in [0.15, 0.2) is 5.78 Å². The summed E-state index contributed by atoms with van der Waals surface area (Å²) < 4.78 is 0. The molecule has 0 aliphatic rings. The predicted molar refractivity (Wildman–Crippen MR) is 64.9 cm³/mol. The molecule has 0 unspecified atom stereocenters. The number of rotatable bonds is 6. The van der Waals surface area contributed by atoms with Crippen LogP contribution in [0.4, 0.5) is 0 Å². The average Bonchev–Trinajstić information content (AvgIpc) is 2.27. The molecule has 0 radical (unpaired) electrons. The van der Waals surface area contributed by atoms with Gasteiger partial charge < -0.3 is 0 Å². The molecule has 86 valence electrons. The second kappa shape index (κ2) is 6.44. The van der Waals surface area contributed by atoms with E-state index in [0.29, 0.717) is 29.8 Å². The molecule has 0 spiro atoms. The van der Waals surface area contributed by atoms with Gasteiger partial charge in [-0.15, -0.1) is 0 Å². The van der Waals surface area contributed by atoms with Gasteiger partial charge in [0.05, 0.1) is 0 Å². The first-order valence-electron chi connectivity index (χ1n) is 5.44. The highest BCUT2D eigenvalue weighted by molar-refractivity contribution is 6.30. The Morgan fingerprint density at radius 1 is 1.06 bits per heavy atom. The number of halogens is 1. The first kappa shape index (κ1) is 12.9. The Hall–Kier alpha value is -1.15. The van der Waals surface area contributed by atoms with Gasteiger partial charge in [-0.05, 0) is 30.7 Å². The van der Waals surface area contributed by atoms with Crippen molar-refractivity contribution in [3.63, 3.8) is 0 Å². The molecule has 1 aromatic carbocycles. The van der Waals surface area contributed by atoms with E-state index in [9.17, 15) is 9.59 Å². The number of hydrogen-bond donors (Lipinski definition) is 0. The lowest BCUT2D eigenvalue weighted by atomic mass is 10.0. The summed E-state index contributed by atoms with van der Waals surface area (Å²) in [6.45, 7) is 1.96. The number of carbonyl (C=O) groups excluding carboxylic acids is 2. The topological polar surface area (TPSA) is 34.1 Å². The molecule has 0 aliphatic heterocycles. The molecule has 0 heterocycles. The van der Waals surface area contributed by atoms with Crippen LogP contribution < -0.4 is 0 Å². The van der Waals surface area contributed by atoms with E-state index in [1.807, 2.05) is 6.92 Å². The molecule has 0 saturated carbocycles. The summed E-state index contributed by atoms with van der Waals surface area (Å²) >= 11 is 5.72. The van der Waals surface area contributed by atoms with Crippen molar-refractivity contribution in [3.8, 4) is 0 Å². The molecule has 0 bridgehead atoms. The third-order valence-corrected chi connectivity index (χ3v) is 2.58. The fourth-order valence-corrected chi connectivity index (χ4v) is 1.56. The van der Waals surface area contributed by atoms with Crippen LogP contribution in [0.25, 0.3) is 0 Å². The third-order valence-electron chi connectivity index (χ3n) is 2.33. The maximum Gasteiger partial charge on any atom is 0.163 e. The van der Waals surface area contributed by atoms with Crippen LogP contribution in [-0.4, -0.2) is 11.6 Å². The fourth-order valence-electron chi connectivity index (χ4n) is 1.44. The minimum absolute atomic E-state index is 0.00104. The lowest BCUT2D eigenvalue weighted by Gasteiger charge is -2.00. The van der Waals surface area contributed by atoms with E-state index in [-0.39, 0.29) is 11.6 Å². The summed E-state index contributed by atoms with van der Waals surface area (Å²) in [5.41, 5.74) is 0.619. The van der Waals surface area contributed by atoms with Gasteiger partial charge in [-0.1, -0.05) is 18.5 Å². The zero-order chi connectivity index (χ0) is 12.0. The fraction of sp³-hybridized carbons (Fsp3) is 0.385. The van der Waals surface area contributed by atoms with Gasteiger partial charge in [-0.25, -0.2) is 0 Å². The second-order valence-corrected chi connectivity index (χ2v) is 4.16. The van der Waals surface area contributed by atoms with E-state index in [0.717, 1.165) is 6.42 Å². The molecule has 1 rings (SSSR count). The Bertz CT molecular complexity index is 368. The minimum Gasteiger partial charge on any atom is -0.300 e. The van der Waals surface area contributed by atoms with Gasteiger partial charge in [0.2, 0.25) is 0 Å². The Balaban J connectivity index is 2.47. The van der Waals surface area contributed by atoms with Gasteiger partial charge >= 0.3 is 0 Å². The first-order chi connectivity index (χ1) is 7.63. The molecule has 2 nitrogen and oxygen atoms in total. The summed E-state index contributed by atoms with van der Waals surface area (Å²) in [5.74, 6) is 0.158. The van der Waals surface area contributed by atoms with Crippen LogP contribution in [-0.2, 0) is 4.79 Å². The van der Waals surface area contributed by atoms with Crippen molar-refractivity contribution in [1.82, 2.24) is 0 Å². The quantitative estimate of drug-likeness (QED) is 0.709. The molecule has 0 aromatic heterocycles. The molecule has 0 N–H and O–H groups in total. The highest BCUT2D eigenvalue weighted by atomic mass is 35.5. The third kappa shape index (κ3) is 4.15. The van der Waals surface area contributed by atoms with Crippen molar-refractivity contribution in [1.29, 1.82) is 0 Å². The predicted octanol–water partition coefficient (Wildman–Crippen LogP) is 3.67. The first-order valence-corrected chi connectivity index (χ1v) is 5.81. The van der Waals surface area contributed by atoms with Gasteiger partial charge in [-0.2, -0.15) is 0 Å². The molecule has 0 saturated heterocycles. The highest BCUT2D eigenvalue weighted by Gasteiger charge is 2.08. The van der Waals surface area contributed by atoms with Gasteiger partial charge in [0.1, 0.15) is 5.78 Å². The van der Waals surface area contributed by atoms with Crippen LogP contribution in [0.2, 0.25) is 5.02 Å². The van der Waals surface area contributed by atoms with E-state index < -0.39 is 0 Å². The molecular weight excluding hydrogens is 224 g/mol. The lowest BCUT2D eigenvalue weighted by Crippen LogP contribution is -2.04. The van der Waals surface area contributed by atoms with E-state index in [4.69, 9.17) is 11.6 Å². The van der Waals surface area contributed by atoms with Crippen LogP contribution >= 0.6 is 11.6 Å². The zero-order valence-electron chi connectivity index (χ0n) is 9.33. The molecular formula is C13H15ClO2. The van der Waals surface area contributed by atoms with E-state index in [1.54, 1.807) is 24.3 Å². The number of ketones is 2. The number of hydrogen-bond acceptors (Lipinski definition) is 2. The Morgan fingerprint density at radius 2 is 1.69 bits per heavy atom. The molecule has 0 atom stereocenters. The van der Waals surface area contributed by atoms with Crippen molar-refractivity contribution in [2.75, 3.05) is 0 Å². The van der Waals surface area contributed by atoms with E-state index >= 15 is 0 Å². The van der Waals surface area contributed by atoms with Gasteiger partial charge in [-0.3, -0.25) is 9.59 Å². The molecule has 1 aromatic rings. The second-order valence-electron chi connectivity index (χ2n) is 3.72. The molecule has 16 heavy (non-hydrogen) atoms. The van der Waals surface area contributed by atoms with Crippen LogP contribution in [0, 0.1) is 0 Å². The Morgan fingerprint density at radius 3 is 2.25 bits per heavy atom. The smallest absolute Gasteiger partial charge is 0.163 e. The van der Waals surface area contributed by atoms with Crippen molar-refractivity contribution in [3.05, 3.63) is 34.9 Å². The SMILES string of the molecule is CCCC(=O)CCC(=O)c1ccc(Cl)cc1. The molecule has 0 aliphatic carbocycles. The molecule has 0 amide bonds. The minimum atomic E-state index is 0.00104. The van der Waals surface area contributed by atoms with Crippen molar-refractivity contribution >= 4 is 23.2 Å². The maximum absolute atomic E-state index is 11.7. The molecule has 3 heteroatoms. The standard InChI is InChI=1S/C13H15ClO2/c1-2-3-12(15)8-9-13(16)10-4-6-11(14)7-5-10/h4-7H,2-3,8-9H2,1H3. The summed E-state index contributed by atoms with van der Waals surface area (Å²) in [6, 6.07) is 6.75. The Kier molecular flexibility index (Phi) is 5.20. The van der Waals surface area contributed by atoms with Crippen LogP contribution in [0.3, 0.4) is 0 Å². The van der Waals surface area contributed by atoms with E-state index in [1.165, 1.54) is 0 Å². The van der Waals surface area contributed by atoms with Crippen LogP contribution in [0.5, 0.6) is 0 Å². The number of Topliss-reactive ketones (excluding diaryl/α,β-unsaturated/α-hetero) is 2. The van der Waals surface area contributed by atoms with Gasteiger partial charge in [0, 0.05) is 29.8 Å². The molecule has 0 fully saturated rings. The number of benzene rings is 1. The van der Waals surface area contributed by atoms with Crippen molar-refractivity contribution < 1.29 is 9.59 Å².